The maximum atomic E-state index is 11.5. The third-order valence-corrected chi connectivity index (χ3v) is 6.58. The van der Waals surface area contributed by atoms with Crippen LogP contribution in [0.1, 0.15) is 38.8 Å². The van der Waals surface area contributed by atoms with E-state index in [4.69, 9.17) is 0 Å². The van der Waals surface area contributed by atoms with E-state index in [1.165, 1.54) is 61.7 Å². The van der Waals surface area contributed by atoms with Crippen LogP contribution in [0.2, 0.25) is 0 Å². The predicted octanol–water partition coefficient (Wildman–Crippen LogP) is -5.49. The van der Waals surface area contributed by atoms with Crippen LogP contribution in [0.4, 0.5) is 9.59 Å². The van der Waals surface area contributed by atoms with Crippen LogP contribution < -0.4 is 105 Å². The molecule has 1 aliphatic heterocycles. The van der Waals surface area contributed by atoms with Gasteiger partial charge in [-0.05, 0) is 27.7 Å². The van der Waals surface area contributed by atoms with Crippen LogP contribution in [-0.2, 0) is 70.5 Å². The van der Waals surface area contributed by atoms with Crippen molar-refractivity contribution >= 4 is 23.9 Å². The number of hydrogen-bond donors (Lipinski definition) is 0. The van der Waals surface area contributed by atoms with E-state index in [-0.39, 0.29) is 155 Å². The zero-order valence-corrected chi connectivity index (χ0v) is 40.6. The van der Waals surface area contributed by atoms with Crippen molar-refractivity contribution in [2.75, 3.05) is 34.7 Å². The van der Waals surface area contributed by atoms with Crippen LogP contribution in [0.25, 0.3) is 5.32 Å². The van der Waals surface area contributed by atoms with Gasteiger partial charge in [0.1, 0.15) is 0 Å². The number of halogens is 1. The fourth-order valence-electron chi connectivity index (χ4n) is 4.08. The fourth-order valence-corrected chi connectivity index (χ4v) is 4.08. The zero-order valence-electron chi connectivity index (χ0n) is 30.7. The summed E-state index contributed by atoms with van der Waals surface area (Å²) >= 11 is 0. The van der Waals surface area contributed by atoms with Crippen molar-refractivity contribution in [1.82, 2.24) is 33.0 Å². The standard InChI is InChI=1S/C8H14N2O2.2C7H10N2O2.C7H13N2O2.HI.Rb.Y/c1-8(2)5-9(3)7(12)10(4)6(8)11;2*1-5-4-8(2)7(11)9(3)6(5)10;1-5(2)6(10)9(4)7(11)8-3;;;/h5H2,1-4H3;2*4H,1-3H3;1-4H3,(H,8,11);1H;;/q;;;-1;;+1;/p-2. The Morgan fingerprint density at radius 2 is 1.17 bits per heavy atom. The first-order valence-corrected chi connectivity index (χ1v) is 13.7. The molecule has 16 nitrogen and oxygen atoms in total. The van der Waals surface area contributed by atoms with Crippen LogP contribution in [0.3, 0.4) is 0 Å². The summed E-state index contributed by atoms with van der Waals surface area (Å²) in [4.78, 5) is 92.6. The van der Waals surface area contributed by atoms with E-state index in [0.29, 0.717) is 23.6 Å². The van der Waals surface area contributed by atoms with Crippen molar-refractivity contribution in [1.29, 1.82) is 0 Å². The van der Waals surface area contributed by atoms with Gasteiger partial charge in [0, 0.05) is 111 Å². The molecule has 1 fully saturated rings. The summed E-state index contributed by atoms with van der Waals surface area (Å²) in [6.45, 7) is 10.9. The van der Waals surface area contributed by atoms with Gasteiger partial charge in [0.25, 0.3) is 11.1 Å². The van der Waals surface area contributed by atoms with E-state index in [1.807, 2.05) is 13.8 Å². The van der Waals surface area contributed by atoms with Crippen LogP contribution in [-0.4, -0.2) is 91.6 Å². The Kier molecular flexibility index (Phi) is 26.0. The zero-order chi connectivity index (χ0) is 35.7. The van der Waals surface area contributed by atoms with E-state index >= 15 is 0 Å². The molecule has 1 saturated heterocycles. The number of hydrogen-bond acceptors (Lipinski definition) is 8. The number of amides is 6. The largest absolute Gasteiger partial charge is 1.00 e. The summed E-state index contributed by atoms with van der Waals surface area (Å²) in [7, 11) is 12.2. The van der Waals surface area contributed by atoms with Crippen molar-refractivity contribution in [3.63, 3.8) is 0 Å². The predicted molar refractivity (Wildman–Crippen MR) is 170 cm³/mol. The Labute approximate surface area is 372 Å². The Morgan fingerprint density at radius 1 is 0.812 bits per heavy atom. The Hall–Kier alpha value is -1.25. The molecule has 2 aromatic rings. The summed E-state index contributed by atoms with van der Waals surface area (Å²) in [5.74, 6) is 0.177. The number of carbonyl (C=O) groups is 4. The molecule has 6 amide bonds. The van der Waals surface area contributed by atoms with E-state index in [1.54, 1.807) is 53.7 Å². The molecule has 0 aromatic carbocycles. The molecule has 0 N–H and O–H groups in total. The number of nitrogens with zero attached hydrogens (tertiary/aromatic N) is 8. The minimum absolute atomic E-state index is 0. The molecule has 0 spiro atoms. The van der Waals surface area contributed by atoms with Gasteiger partial charge in [-0.15, -0.1) is 0 Å². The van der Waals surface area contributed by atoms with Gasteiger partial charge in [0.05, 0.1) is 5.41 Å². The number of imide groups is 2. The molecule has 1 radical (unpaired) electrons. The average Bonchev–Trinajstić information content (AvgIpc) is 2.98. The second kappa shape index (κ2) is 23.3. The third-order valence-electron chi connectivity index (χ3n) is 6.58. The summed E-state index contributed by atoms with van der Waals surface area (Å²) in [6, 6.07) is -0.740. The summed E-state index contributed by atoms with van der Waals surface area (Å²) in [6.07, 6.45) is 3.06. The first-order chi connectivity index (χ1) is 20.4. The number of aromatic nitrogens is 4. The molecule has 263 valence electrons. The molecule has 0 aliphatic carbocycles. The van der Waals surface area contributed by atoms with Gasteiger partial charge in [-0.25, -0.2) is 14.4 Å². The third kappa shape index (κ3) is 14.9. The van der Waals surface area contributed by atoms with E-state index in [9.17, 15) is 38.4 Å². The molecule has 0 bridgehead atoms. The molecule has 0 atom stereocenters. The summed E-state index contributed by atoms with van der Waals surface area (Å²) < 4.78 is 4.96. The Balaban J connectivity index is -0.000000264. The van der Waals surface area contributed by atoms with Crippen molar-refractivity contribution in [2.45, 2.75) is 41.5 Å². The van der Waals surface area contributed by atoms with Gasteiger partial charge >= 0.3 is 75.6 Å². The normalized spacial score (nSPS) is 12.5. The number of urea groups is 2. The molecular formula is C29H46IN8O8RbY-2. The van der Waals surface area contributed by atoms with E-state index in [0.717, 1.165) is 14.0 Å². The number of carbonyl (C=O) groups excluding carboxylic acids is 4. The van der Waals surface area contributed by atoms with Crippen LogP contribution in [0.5, 0.6) is 0 Å². The molecule has 1 aliphatic rings. The molecular weight excluding hydrogens is 890 g/mol. The second-order valence-electron chi connectivity index (χ2n) is 11.4. The quantitative estimate of drug-likeness (QED) is 0.201. The number of aryl methyl sites for hydroxylation is 4. The summed E-state index contributed by atoms with van der Waals surface area (Å²) in [5.41, 5.74) is -0.330. The molecule has 0 saturated carbocycles. The van der Waals surface area contributed by atoms with E-state index in [2.05, 4.69) is 5.32 Å². The molecule has 3 rings (SSSR count). The minimum atomic E-state index is -0.517. The van der Waals surface area contributed by atoms with Crippen LogP contribution >= 0.6 is 0 Å². The minimum Gasteiger partial charge on any atom is -1.00 e. The Morgan fingerprint density at radius 3 is 1.48 bits per heavy atom. The monoisotopic (exact) mass is 935 g/mol. The van der Waals surface area contributed by atoms with E-state index < -0.39 is 11.4 Å². The SMILES string of the molecule is CN1CC(C)(C)C(=O)N(C)C1=O.C[N-]C(=O)N(C)C(=O)[C-](C)C.Cc1cn(C)c(=O)n(C)c1=O.Cc1cn(C)c(=O)n(C)c1=O.[I-].[Rb+].[Y]. The Bertz CT molecular complexity index is 1520. The average molecular weight is 936 g/mol. The smallest absolute Gasteiger partial charge is 1.00 e. The van der Waals surface area contributed by atoms with Crippen LogP contribution in [0, 0.1) is 25.2 Å². The molecule has 0 unspecified atom stereocenters. The molecule has 2 aromatic heterocycles. The van der Waals surface area contributed by atoms with Gasteiger partial charge in [0.15, 0.2) is 6.03 Å². The molecule has 3 heterocycles. The number of rotatable bonds is 1. The maximum absolute atomic E-state index is 11.5. The maximum Gasteiger partial charge on any atom is 1.00 e. The van der Waals surface area contributed by atoms with Gasteiger partial charge in [-0.3, -0.25) is 33.2 Å². The second-order valence-corrected chi connectivity index (χ2v) is 11.4. The van der Waals surface area contributed by atoms with Crippen molar-refractivity contribution < 1.29 is 134 Å². The topological polar surface area (TPSA) is 180 Å². The van der Waals surface area contributed by atoms with Gasteiger partial charge in [0.2, 0.25) is 5.91 Å². The molecule has 48 heavy (non-hydrogen) atoms. The summed E-state index contributed by atoms with van der Waals surface area (Å²) in [5, 5.41) is 3.34. The first-order valence-electron chi connectivity index (χ1n) is 13.7. The van der Waals surface area contributed by atoms with Gasteiger partial charge in [-0.2, -0.15) is 13.8 Å². The van der Waals surface area contributed by atoms with Gasteiger partial charge < -0.3 is 58.9 Å². The van der Waals surface area contributed by atoms with Crippen molar-refractivity contribution in [2.24, 2.45) is 33.6 Å². The van der Waals surface area contributed by atoms with Crippen molar-refractivity contribution in [3.8, 4) is 0 Å². The molecule has 19 heteroatoms. The fraction of sp³-hybridized carbons (Fsp3) is 0.552. The van der Waals surface area contributed by atoms with Crippen molar-refractivity contribution in [3.05, 3.63) is 76.4 Å². The van der Waals surface area contributed by atoms with Gasteiger partial charge in [-0.1, -0.05) is 14.1 Å². The van der Waals surface area contributed by atoms with Crippen LogP contribution in [0.15, 0.2) is 31.6 Å². The first kappa shape index (κ1) is 53.5.